The monoisotopic (exact) mass is 585 g/mol. The van der Waals surface area contributed by atoms with E-state index in [4.69, 9.17) is 22.1 Å². The number of hydrogen-bond acceptors (Lipinski definition) is 6. The molecule has 8 nitrogen and oxygen atoms in total. The number of nitrogens with two attached hydrogens (primary N) is 1. The number of alkyl halides is 3. The van der Waals surface area contributed by atoms with E-state index in [0.29, 0.717) is 27.7 Å². The van der Waals surface area contributed by atoms with E-state index in [2.05, 4.69) is 15.4 Å². The second-order valence-corrected chi connectivity index (χ2v) is 10.1. The van der Waals surface area contributed by atoms with Crippen LogP contribution in [0.1, 0.15) is 31.4 Å². The first kappa shape index (κ1) is 27.2. The van der Waals surface area contributed by atoms with Crippen LogP contribution in [0.4, 0.5) is 18.9 Å². The molecule has 0 aliphatic rings. The van der Waals surface area contributed by atoms with Crippen LogP contribution in [-0.2, 0) is 12.9 Å². The normalized spacial score (nSPS) is 11.5. The molecule has 204 valence electrons. The number of amides is 2. The average molecular weight is 586 g/mol. The largest absolute Gasteiger partial charge is 0.470 e. The molecule has 0 bridgehead atoms. The van der Waals surface area contributed by atoms with Crippen LogP contribution in [-0.4, -0.2) is 26.6 Å². The number of aryl methyl sites for hydroxylation is 1. The Bertz CT molecular complexity index is 1750. The van der Waals surface area contributed by atoms with Crippen molar-refractivity contribution in [1.29, 1.82) is 0 Å². The summed E-state index contributed by atoms with van der Waals surface area (Å²) in [6, 6.07) is 15.9. The molecule has 40 heavy (non-hydrogen) atoms. The van der Waals surface area contributed by atoms with Gasteiger partial charge in [-0.2, -0.15) is 18.3 Å². The third-order valence-corrected chi connectivity index (χ3v) is 7.25. The van der Waals surface area contributed by atoms with Crippen LogP contribution in [0.5, 0.6) is 5.75 Å². The lowest BCUT2D eigenvalue weighted by atomic mass is 10.00. The number of nitrogens with zero attached hydrogens (tertiary/aromatic N) is 3. The maximum Gasteiger partial charge on any atom is 0.433 e. The maximum atomic E-state index is 13.7. The average Bonchev–Trinajstić information content (AvgIpc) is 3.53. The quantitative estimate of drug-likeness (QED) is 0.226. The van der Waals surface area contributed by atoms with Gasteiger partial charge in [-0.1, -0.05) is 53.6 Å². The molecule has 0 aliphatic heterocycles. The Hall–Kier alpha value is -4.42. The van der Waals surface area contributed by atoms with Crippen molar-refractivity contribution in [2.75, 3.05) is 5.32 Å². The number of fused-ring (bicyclic) bond motifs is 1. The third-order valence-electron chi connectivity index (χ3n) is 5.84. The molecule has 0 saturated heterocycles. The number of carbonyl (C=O) groups is 2. The van der Waals surface area contributed by atoms with E-state index in [0.717, 1.165) is 11.6 Å². The summed E-state index contributed by atoms with van der Waals surface area (Å²) in [5.74, 6) is -1.22. The molecule has 0 unspecified atom stereocenters. The van der Waals surface area contributed by atoms with Crippen LogP contribution in [0.25, 0.3) is 21.3 Å². The number of pyridine rings is 1. The van der Waals surface area contributed by atoms with Gasteiger partial charge in [-0.05, 0) is 42.3 Å². The smallest absolute Gasteiger partial charge is 0.433 e. The molecule has 5 aromatic rings. The molecule has 13 heteroatoms. The highest BCUT2D eigenvalue weighted by Gasteiger charge is 2.35. The van der Waals surface area contributed by atoms with Gasteiger partial charge in [0.15, 0.2) is 12.4 Å². The van der Waals surface area contributed by atoms with Gasteiger partial charge in [0.25, 0.3) is 11.8 Å². The van der Waals surface area contributed by atoms with Crippen LogP contribution >= 0.6 is 22.9 Å². The fraction of sp³-hybridized carbons (Fsp3) is 0.111. The van der Waals surface area contributed by atoms with E-state index in [9.17, 15) is 22.8 Å². The number of primary amides is 1. The van der Waals surface area contributed by atoms with Crippen molar-refractivity contribution in [3.8, 4) is 16.9 Å². The topological polar surface area (TPSA) is 112 Å². The molecule has 0 atom stereocenters. The molecule has 2 aromatic carbocycles. The number of anilines is 1. The fourth-order valence-corrected chi connectivity index (χ4v) is 5.12. The number of aromatic nitrogens is 3. The first-order valence-electron chi connectivity index (χ1n) is 11.6. The zero-order valence-electron chi connectivity index (χ0n) is 20.6. The second-order valence-electron chi connectivity index (χ2n) is 8.67. The minimum Gasteiger partial charge on any atom is -0.470 e. The summed E-state index contributed by atoms with van der Waals surface area (Å²) in [6.07, 6.45) is -3.24. The number of hydrogen-bond donors (Lipinski definition) is 2. The molecular weight excluding hydrogens is 567 g/mol. The minimum absolute atomic E-state index is 0.0331. The van der Waals surface area contributed by atoms with Gasteiger partial charge in [-0.15, -0.1) is 11.3 Å². The van der Waals surface area contributed by atoms with Gasteiger partial charge in [-0.25, -0.2) is 9.67 Å². The van der Waals surface area contributed by atoms with E-state index in [1.165, 1.54) is 16.9 Å². The molecule has 0 saturated carbocycles. The number of ether oxygens (including phenoxy) is 1. The molecule has 3 heterocycles. The van der Waals surface area contributed by atoms with Crippen molar-refractivity contribution < 1.29 is 27.5 Å². The standard InChI is InChI=1S/C27H19ClF3N5O3S/c1-14-6-8-15(9-7-14)16-12-20(27(29,30)31)33-26-21(16)22(23(40-26)24(32)37)34-25(38)18-10-11-36(35-18)13-39-19-5-3-2-4-17(19)28/h2-12H,13H2,1H3,(H2,32,37)(H,34,38). The van der Waals surface area contributed by atoms with E-state index < -0.39 is 23.7 Å². The molecule has 0 fully saturated rings. The molecule has 5 rings (SSSR count). The summed E-state index contributed by atoms with van der Waals surface area (Å²) in [7, 11) is 0. The van der Waals surface area contributed by atoms with Gasteiger partial charge in [0.2, 0.25) is 0 Å². The number of nitrogens with one attached hydrogen (secondary N) is 1. The van der Waals surface area contributed by atoms with Crippen molar-refractivity contribution in [3.05, 3.63) is 93.7 Å². The Morgan fingerprint density at radius 2 is 1.85 bits per heavy atom. The Morgan fingerprint density at radius 3 is 2.52 bits per heavy atom. The number of benzene rings is 2. The van der Waals surface area contributed by atoms with Gasteiger partial charge >= 0.3 is 6.18 Å². The molecule has 2 amide bonds. The zero-order chi connectivity index (χ0) is 28.6. The summed E-state index contributed by atoms with van der Waals surface area (Å²) >= 11 is 6.76. The van der Waals surface area contributed by atoms with E-state index in [1.807, 2.05) is 6.92 Å². The molecule has 3 N–H and O–H groups in total. The predicted molar refractivity (Wildman–Crippen MR) is 146 cm³/mol. The van der Waals surface area contributed by atoms with Crippen LogP contribution in [0.3, 0.4) is 0 Å². The summed E-state index contributed by atoms with van der Waals surface area (Å²) in [4.78, 5) is 29.0. The zero-order valence-corrected chi connectivity index (χ0v) is 22.2. The number of halogens is 4. The lowest BCUT2D eigenvalue weighted by Gasteiger charge is -2.12. The number of para-hydroxylation sites is 1. The van der Waals surface area contributed by atoms with Crippen molar-refractivity contribution in [3.63, 3.8) is 0 Å². The van der Waals surface area contributed by atoms with Gasteiger partial charge in [0.1, 0.15) is 21.2 Å². The van der Waals surface area contributed by atoms with E-state index in [1.54, 1.807) is 48.5 Å². The molecular formula is C27H19ClF3N5O3S. The maximum absolute atomic E-state index is 13.7. The van der Waals surface area contributed by atoms with E-state index >= 15 is 0 Å². The number of rotatable bonds is 7. The Morgan fingerprint density at radius 1 is 1.12 bits per heavy atom. The fourth-order valence-electron chi connectivity index (χ4n) is 3.93. The summed E-state index contributed by atoms with van der Waals surface area (Å²) in [5, 5.41) is 7.37. The highest BCUT2D eigenvalue weighted by Crippen LogP contribution is 2.43. The highest BCUT2D eigenvalue weighted by molar-refractivity contribution is 7.21. The predicted octanol–water partition coefficient (Wildman–Crippen LogP) is 6.53. The lowest BCUT2D eigenvalue weighted by Crippen LogP contribution is -2.18. The Balaban J connectivity index is 1.53. The second kappa shape index (κ2) is 10.6. The van der Waals surface area contributed by atoms with Gasteiger partial charge in [0.05, 0.1) is 10.7 Å². The SMILES string of the molecule is Cc1ccc(-c2cc(C(F)(F)F)nc3sc(C(N)=O)c(NC(=O)c4ccn(COc5ccccc5Cl)n4)c23)cc1. The number of thiophene rings is 1. The lowest BCUT2D eigenvalue weighted by molar-refractivity contribution is -0.140. The third kappa shape index (κ3) is 5.49. The molecule has 3 aromatic heterocycles. The summed E-state index contributed by atoms with van der Waals surface area (Å²) < 4.78 is 48.1. The van der Waals surface area contributed by atoms with Crippen LogP contribution in [0.2, 0.25) is 5.02 Å². The summed E-state index contributed by atoms with van der Waals surface area (Å²) in [5.41, 5.74) is 5.82. The van der Waals surface area contributed by atoms with Gasteiger partial charge < -0.3 is 15.8 Å². The highest BCUT2D eigenvalue weighted by atomic mass is 35.5. The molecule has 0 spiro atoms. The van der Waals surface area contributed by atoms with Crippen molar-refractivity contribution in [2.24, 2.45) is 5.73 Å². The van der Waals surface area contributed by atoms with Gasteiger partial charge in [-0.3, -0.25) is 9.59 Å². The van der Waals surface area contributed by atoms with Crippen molar-refractivity contribution in [1.82, 2.24) is 14.8 Å². The molecule has 0 aliphatic carbocycles. The van der Waals surface area contributed by atoms with Gasteiger partial charge in [0, 0.05) is 11.6 Å². The minimum atomic E-state index is -4.74. The van der Waals surface area contributed by atoms with Crippen LogP contribution < -0.4 is 15.8 Å². The Kier molecular flexibility index (Phi) is 7.21. The van der Waals surface area contributed by atoms with Crippen molar-refractivity contribution >= 4 is 50.7 Å². The van der Waals surface area contributed by atoms with Crippen LogP contribution in [0, 0.1) is 6.92 Å². The number of carbonyl (C=O) groups excluding carboxylic acids is 2. The van der Waals surface area contributed by atoms with Crippen LogP contribution in [0.15, 0.2) is 66.9 Å². The van der Waals surface area contributed by atoms with Crippen molar-refractivity contribution in [2.45, 2.75) is 19.8 Å². The molecule has 0 radical (unpaired) electrons. The summed E-state index contributed by atoms with van der Waals surface area (Å²) in [6.45, 7) is 1.79. The van der Waals surface area contributed by atoms with E-state index in [-0.39, 0.29) is 38.8 Å². The Labute approximate surface area is 234 Å². The first-order valence-corrected chi connectivity index (χ1v) is 12.8. The first-order chi connectivity index (χ1) is 19.0.